The van der Waals surface area contributed by atoms with Gasteiger partial charge < -0.3 is 15.4 Å². The standard InChI is InChI=1S/C24H21FN2O4/c1-16-7-13-20(14-8-16)27-24(30)22(17-5-3-2-4-6-17)31-21(28)15-26-23(29)18-9-11-19(25)12-10-18/h2-14,22H,15H2,1H3,(H,26,29)(H,27,30)/t22-/m0/s1. The first-order valence-corrected chi connectivity index (χ1v) is 9.58. The minimum atomic E-state index is -1.20. The molecule has 158 valence electrons. The summed E-state index contributed by atoms with van der Waals surface area (Å²) in [5, 5.41) is 5.13. The van der Waals surface area contributed by atoms with E-state index in [0.29, 0.717) is 11.3 Å². The van der Waals surface area contributed by atoms with Crippen molar-refractivity contribution in [3.63, 3.8) is 0 Å². The molecule has 7 heteroatoms. The van der Waals surface area contributed by atoms with E-state index in [-0.39, 0.29) is 5.56 Å². The number of amides is 2. The molecule has 0 aliphatic heterocycles. The summed E-state index contributed by atoms with van der Waals surface area (Å²) in [7, 11) is 0. The summed E-state index contributed by atoms with van der Waals surface area (Å²) in [6.45, 7) is 1.48. The average molecular weight is 420 g/mol. The van der Waals surface area contributed by atoms with Gasteiger partial charge in [-0.1, -0.05) is 48.0 Å². The lowest BCUT2D eigenvalue weighted by Crippen LogP contribution is -2.33. The molecule has 6 nitrogen and oxygen atoms in total. The maximum Gasteiger partial charge on any atom is 0.326 e. The van der Waals surface area contributed by atoms with Crippen molar-refractivity contribution in [1.29, 1.82) is 0 Å². The number of hydrogen-bond donors (Lipinski definition) is 2. The second kappa shape index (κ2) is 10.2. The molecule has 3 aromatic carbocycles. The molecular weight excluding hydrogens is 399 g/mol. The molecule has 0 aromatic heterocycles. The van der Waals surface area contributed by atoms with Crippen LogP contribution >= 0.6 is 0 Å². The summed E-state index contributed by atoms with van der Waals surface area (Å²) >= 11 is 0. The van der Waals surface area contributed by atoms with E-state index in [9.17, 15) is 18.8 Å². The van der Waals surface area contributed by atoms with Gasteiger partial charge >= 0.3 is 5.97 Å². The zero-order chi connectivity index (χ0) is 22.2. The van der Waals surface area contributed by atoms with E-state index < -0.39 is 36.2 Å². The van der Waals surface area contributed by atoms with Gasteiger partial charge in [-0.2, -0.15) is 0 Å². The SMILES string of the molecule is Cc1ccc(NC(=O)[C@@H](OC(=O)CNC(=O)c2ccc(F)cc2)c2ccccc2)cc1. The number of carbonyl (C=O) groups excluding carboxylic acids is 3. The Labute approximate surface area is 179 Å². The number of halogens is 1. The molecule has 0 radical (unpaired) electrons. The van der Waals surface area contributed by atoms with E-state index in [1.807, 2.05) is 19.1 Å². The summed E-state index contributed by atoms with van der Waals surface area (Å²) in [5.74, 6) is -2.34. The number of hydrogen-bond acceptors (Lipinski definition) is 4. The monoisotopic (exact) mass is 420 g/mol. The number of benzene rings is 3. The number of nitrogens with one attached hydrogen (secondary N) is 2. The van der Waals surface area contributed by atoms with Crippen molar-refractivity contribution in [3.05, 3.63) is 101 Å². The van der Waals surface area contributed by atoms with Gasteiger partial charge in [0.2, 0.25) is 6.10 Å². The number of anilines is 1. The zero-order valence-electron chi connectivity index (χ0n) is 16.8. The van der Waals surface area contributed by atoms with Crippen molar-refractivity contribution >= 4 is 23.5 Å². The van der Waals surface area contributed by atoms with Crippen LogP contribution in [0.25, 0.3) is 0 Å². The van der Waals surface area contributed by atoms with Crippen LogP contribution in [0.1, 0.15) is 27.6 Å². The number of carbonyl (C=O) groups is 3. The van der Waals surface area contributed by atoms with Gasteiger partial charge in [-0.25, -0.2) is 4.39 Å². The minimum absolute atomic E-state index is 0.200. The molecule has 0 spiro atoms. The Morgan fingerprint density at radius 2 is 1.55 bits per heavy atom. The highest BCUT2D eigenvalue weighted by Crippen LogP contribution is 2.20. The Morgan fingerprint density at radius 3 is 2.19 bits per heavy atom. The molecule has 0 aliphatic rings. The van der Waals surface area contributed by atoms with Crippen LogP contribution in [0.3, 0.4) is 0 Å². The van der Waals surface area contributed by atoms with Gasteiger partial charge in [0, 0.05) is 16.8 Å². The summed E-state index contributed by atoms with van der Waals surface area (Å²) in [6.07, 6.45) is -1.20. The van der Waals surface area contributed by atoms with Crippen LogP contribution in [-0.4, -0.2) is 24.3 Å². The Kier molecular flexibility index (Phi) is 7.11. The van der Waals surface area contributed by atoms with Crippen molar-refractivity contribution in [2.75, 3.05) is 11.9 Å². The maximum atomic E-state index is 13.0. The number of rotatable bonds is 7. The quantitative estimate of drug-likeness (QED) is 0.570. The molecule has 0 saturated heterocycles. The Hall–Kier alpha value is -4.00. The molecule has 0 aliphatic carbocycles. The Morgan fingerprint density at radius 1 is 0.903 bits per heavy atom. The van der Waals surface area contributed by atoms with E-state index in [0.717, 1.165) is 17.7 Å². The smallest absolute Gasteiger partial charge is 0.326 e. The van der Waals surface area contributed by atoms with Crippen LogP contribution in [0.2, 0.25) is 0 Å². The molecule has 0 saturated carbocycles. The second-order valence-corrected chi connectivity index (χ2v) is 6.83. The van der Waals surface area contributed by atoms with E-state index in [1.165, 1.54) is 12.1 Å². The van der Waals surface area contributed by atoms with E-state index in [1.54, 1.807) is 42.5 Å². The largest absolute Gasteiger partial charge is 0.446 e. The summed E-state index contributed by atoms with van der Waals surface area (Å²) in [5.41, 5.74) is 2.30. The third-order valence-electron chi connectivity index (χ3n) is 4.41. The Bertz CT molecular complexity index is 1050. The first-order chi connectivity index (χ1) is 14.9. The highest BCUT2D eigenvalue weighted by Gasteiger charge is 2.25. The van der Waals surface area contributed by atoms with Crippen molar-refractivity contribution in [2.24, 2.45) is 0 Å². The lowest BCUT2D eigenvalue weighted by atomic mass is 10.1. The van der Waals surface area contributed by atoms with Crippen LogP contribution in [0.15, 0.2) is 78.9 Å². The van der Waals surface area contributed by atoms with Gasteiger partial charge in [0.1, 0.15) is 12.4 Å². The van der Waals surface area contributed by atoms with Gasteiger partial charge in [-0.3, -0.25) is 14.4 Å². The van der Waals surface area contributed by atoms with Gasteiger partial charge in [0.05, 0.1) is 0 Å². The second-order valence-electron chi connectivity index (χ2n) is 6.83. The predicted octanol–water partition coefficient (Wildman–Crippen LogP) is 3.79. The molecule has 1 atom stereocenters. The fourth-order valence-electron chi connectivity index (χ4n) is 2.77. The third kappa shape index (κ3) is 6.24. The van der Waals surface area contributed by atoms with Crippen LogP contribution < -0.4 is 10.6 Å². The van der Waals surface area contributed by atoms with Crippen molar-refractivity contribution in [1.82, 2.24) is 5.32 Å². The molecule has 0 bridgehead atoms. The highest BCUT2D eigenvalue weighted by atomic mass is 19.1. The molecule has 3 aromatic rings. The van der Waals surface area contributed by atoms with Gasteiger partial charge in [-0.15, -0.1) is 0 Å². The summed E-state index contributed by atoms with van der Waals surface area (Å²) in [6, 6.07) is 20.7. The normalized spacial score (nSPS) is 11.3. The zero-order valence-corrected chi connectivity index (χ0v) is 16.8. The van der Waals surface area contributed by atoms with Gasteiger partial charge in [-0.05, 0) is 43.3 Å². The van der Waals surface area contributed by atoms with Crippen LogP contribution in [0.4, 0.5) is 10.1 Å². The number of esters is 1. The Balaban J connectivity index is 1.65. The van der Waals surface area contributed by atoms with Crippen LogP contribution in [0, 0.1) is 12.7 Å². The molecule has 2 N–H and O–H groups in total. The maximum absolute atomic E-state index is 13.0. The van der Waals surface area contributed by atoms with E-state index in [4.69, 9.17) is 4.74 Å². The number of ether oxygens (including phenoxy) is 1. The molecule has 0 fully saturated rings. The minimum Gasteiger partial charge on any atom is -0.446 e. The predicted molar refractivity (Wildman–Crippen MR) is 114 cm³/mol. The van der Waals surface area contributed by atoms with Crippen molar-refractivity contribution < 1.29 is 23.5 Å². The first-order valence-electron chi connectivity index (χ1n) is 9.58. The summed E-state index contributed by atoms with van der Waals surface area (Å²) in [4.78, 5) is 37.3. The molecule has 2 amide bonds. The fourth-order valence-corrected chi connectivity index (χ4v) is 2.77. The first kappa shape index (κ1) is 21.7. The van der Waals surface area contributed by atoms with Gasteiger partial charge in [0.15, 0.2) is 0 Å². The number of aryl methyl sites for hydroxylation is 1. The molecule has 0 unspecified atom stereocenters. The summed E-state index contributed by atoms with van der Waals surface area (Å²) < 4.78 is 18.4. The van der Waals surface area contributed by atoms with E-state index in [2.05, 4.69) is 10.6 Å². The third-order valence-corrected chi connectivity index (χ3v) is 4.41. The van der Waals surface area contributed by atoms with Crippen LogP contribution in [0.5, 0.6) is 0 Å². The molecular formula is C24H21FN2O4. The van der Waals surface area contributed by atoms with Crippen LogP contribution in [-0.2, 0) is 14.3 Å². The molecule has 0 heterocycles. The molecule has 31 heavy (non-hydrogen) atoms. The molecule has 3 rings (SSSR count). The van der Waals surface area contributed by atoms with Gasteiger partial charge in [0.25, 0.3) is 11.8 Å². The van der Waals surface area contributed by atoms with Crippen molar-refractivity contribution in [3.8, 4) is 0 Å². The topological polar surface area (TPSA) is 84.5 Å². The lowest BCUT2D eigenvalue weighted by Gasteiger charge is -2.18. The van der Waals surface area contributed by atoms with E-state index >= 15 is 0 Å². The lowest BCUT2D eigenvalue weighted by molar-refractivity contribution is -0.153. The fraction of sp³-hybridized carbons (Fsp3) is 0.125. The average Bonchev–Trinajstić information content (AvgIpc) is 2.78. The highest BCUT2D eigenvalue weighted by molar-refractivity contribution is 5.97. The van der Waals surface area contributed by atoms with Crippen molar-refractivity contribution in [2.45, 2.75) is 13.0 Å².